The summed E-state index contributed by atoms with van der Waals surface area (Å²) in [4.78, 5) is 44.1. The van der Waals surface area contributed by atoms with E-state index in [0.29, 0.717) is 29.6 Å². The van der Waals surface area contributed by atoms with E-state index in [9.17, 15) is 23.9 Å². The largest absolute Gasteiger partial charge is 0.478 e. The highest BCUT2D eigenvalue weighted by molar-refractivity contribution is 6.30. The number of amides is 2. The smallest absolute Gasteiger partial charge is 0.335 e. The highest BCUT2D eigenvalue weighted by Crippen LogP contribution is 2.38. The topological polar surface area (TPSA) is 117 Å². The van der Waals surface area contributed by atoms with Gasteiger partial charge >= 0.3 is 5.97 Å². The van der Waals surface area contributed by atoms with Crippen LogP contribution in [0.5, 0.6) is 0 Å². The Balaban J connectivity index is 1.41. The second kappa shape index (κ2) is 9.86. The summed E-state index contributed by atoms with van der Waals surface area (Å²) in [5.41, 5.74) is 3.92. The Morgan fingerprint density at radius 3 is 2.74 bits per heavy atom. The zero-order chi connectivity index (χ0) is 27.1. The zero-order valence-corrected chi connectivity index (χ0v) is 21.3. The van der Waals surface area contributed by atoms with Crippen LogP contribution in [-0.2, 0) is 13.0 Å². The van der Waals surface area contributed by atoms with Gasteiger partial charge in [0.15, 0.2) is 5.65 Å². The van der Waals surface area contributed by atoms with Crippen molar-refractivity contribution in [2.45, 2.75) is 32.4 Å². The number of hydrogen-bond acceptors (Lipinski definition) is 5. The maximum atomic E-state index is 13.7. The Hall–Kier alpha value is -4.31. The van der Waals surface area contributed by atoms with Crippen molar-refractivity contribution in [2.75, 3.05) is 7.05 Å². The molecule has 2 aromatic heterocycles. The fraction of sp³-hybridized carbons (Fsp3) is 0.222. The van der Waals surface area contributed by atoms with Crippen LogP contribution in [-0.4, -0.2) is 49.4 Å². The SMILES string of the molecule is Cc1c(C(=O)O)ccc2c1CC[C@@H]2N(C)C(=O)c1cc(C(=O)NCc2ccc(F)c(Cl)c2)nc2ccnn12. The maximum Gasteiger partial charge on any atom is 0.335 e. The first kappa shape index (κ1) is 25.3. The lowest BCUT2D eigenvalue weighted by atomic mass is 9.97. The van der Waals surface area contributed by atoms with Crippen LogP contribution in [0.25, 0.3) is 5.65 Å². The van der Waals surface area contributed by atoms with Crippen molar-refractivity contribution >= 4 is 35.0 Å². The van der Waals surface area contributed by atoms with Crippen molar-refractivity contribution in [1.82, 2.24) is 24.8 Å². The van der Waals surface area contributed by atoms with Gasteiger partial charge in [-0.25, -0.2) is 18.7 Å². The average Bonchev–Trinajstić information content (AvgIpc) is 3.55. The van der Waals surface area contributed by atoms with Crippen LogP contribution < -0.4 is 5.32 Å². The fourth-order valence-electron chi connectivity index (χ4n) is 4.92. The van der Waals surface area contributed by atoms with E-state index >= 15 is 0 Å². The molecule has 38 heavy (non-hydrogen) atoms. The van der Waals surface area contributed by atoms with Gasteiger partial charge < -0.3 is 15.3 Å². The highest BCUT2D eigenvalue weighted by atomic mass is 35.5. The predicted octanol–water partition coefficient (Wildman–Crippen LogP) is 4.22. The lowest BCUT2D eigenvalue weighted by molar-refractivity contribution is 0.0691. The average molecular weight is 536 g/mol. The second-order valence-corrected chi connectivity index (χ2v) is 9.55. The van der Waals surface area contributed by atoms with Crippen molar-refractivity contribution in [2.24, 2.45) is 0 Å². The predicted molar refractivity (Wildman–Crippen MR) is 137 cm³/mol. The number of fused-ring (bicyclic) bond motifs is 2. The molecule has 2 aromatic carbocycles. The summed E-state index contributed by atoms with van der Waals surface area (Å²) in [6.45, 7) is 1.87. The number of aromatic carboxylic acids is 1. The van der Waals surface area contributed by atoms with Gasteiger partial charge in [-0.2, -0.15) is 5.10 Å². The van der Waals surface area contributed by atoms with E-state index in [2.05, 4.69) is 15.4 Å². The highest BCUT2D eigenvalue weighted by Gasteiger charge is 2.32. The number of rotatable bonds is 6. The summed E-state index contributed by atoms with van der Waals surface area (Å²) in [6.07, 6.45) is 2.78. The van der Waals surface area contributed by atoms with E-state index in [1.807, 2.05) is 0 Å². The Kier molecular flexibility index (Phi) is 6.58. The molecule has 5 rings (SSSR count). The molecular weight excluding hydrogens is 513 g/mol. The molecule has 0 bridgehead atoms. The number of nitrogens with one attached hydrogen (secondary N) is 1. The van der Waals surface area contributed by atoms with Crippen LogP contribution in [0.2, 0.25) is 5.02 Å². The molecule has 2 heterocycles. The number of carbonyl (C=O) groups is 3. The molecule has 1 atom stereocenters. The lowest BCUT2D eigenvalue weighted by Crippen LogP contribution is -2.32. The number of halogens is 2. The van der Waals surface area contributed by atoms with Crippen LogP contribution in [0.1, 0.15) is 66.1 Å². The van der Waals surface area contributed by atoms with E-state index in [1.54, 1.807) is 37.1 Å². The van der Waals surface area contributed by atoms with Crippen molar-refractivity contribution < 1.29 is 23.9 Å². The van der Waals surface area contributed by atoms with Crippen LogP contribution in [0.4, 0.5) is 4.39 Å². The monoisotopic (exact) mass is 535 g/mol. The molecular formula is C27H23ClFN5O4. The van der Waals surface area contributed by atoms with Gasteiger partial charge in [-0.05, 0) is 60.2 Å². The first-order valence-corrected chi connectivity index (χ1v) is 12.2. The molecule has 2 N–H and O–H groups in total. The summed E-state index contributed by atoms with van der Waals surface area (Å²) in [5.74, 6) is -2.42. The van der Waals surface area contributed by atoms with Crippen LogP contribution >= 0.6 is 11.6 Å². The Labute approximate surface area is 221 Å². The number of carboxylic acid groups (broad SMARTS) is 1. The van der Waals surface area contributed by atoms with Crippen LogP contribution in [0.3, 0.4) is 0 Å². The molecule has 1 aliphatic rings. The van der Waals surface area contributed by atoms with Crippen molar-refractivity contribution in [3.8, 4) is 0 Å². The lowest BCUT2D eigenvalue weighted by Gasteiger charge is -2.26. The van der Waals surface area contributed by atoms with Gasteiger partial charge in [0, 0.05) is 25.7 Å². The molecule has 2 amide bonds. The summed E-state index contributed by atoms with van der Waals surface area (Å²) in [7, 11) is 1.68. The maximum absolute atomic E-state index is 13.7. The van der Waals surface area contributed by atoms with Gasteiger partial charge in [-0.3, -0.25) is 9.59 Å². The molecule has 0 saturated carbocycles. The van der Waals surface area contributed by atoms with E-state index < -0.39 is 17.7 Å². The molecule has 0 fully saturated rings. The van der Waals surface area contributed by atoms with Crippen molar-refractivity contribution in [3.05, 3.63) is 98.7 Å². The van der Waals surface area contributed by atoms with Crippen molar-refractivity contribution in [1.29, 1.82) is 0 Å². The number of aromatic nitrogens is 3. The molecule has 4 aromatic rings. The summed E-state index contributed by atoms with van der Waals surface area (Å²) in [6, 6.07) is 10.2. The van der Waals surface area contributed by atoms with Crippen LogP contribution in [0, 0.1) is 12.7 Å². The van der Waals surface area contributed by atoms with Gasteiger partial charge in [0.2, 0.25) is 0 Å². The first-order chi connectivity index (χ1) is 18.2. The van der Waals surface area contributed by atoms with Gasteiger partial charge in [-0.1, -0.05) is 23.7 Å². The molecule has 9 nitrogen and oxygen atoms in total. The Morgan fingerprint density at radius 1 is 1.21 bits per heavy atom. The fourth-order valence-corrected chi connectivity index (χ4v) is 5.12. The van der Waals surface area contributed by atoms with E-state index in [0.717, 1.165) is 11.1 Å². The minimum atomic E-state index is -0.982. The van der Waals surface area contributed by atoms with Crippen molar-refractivity contribution in [3.63, 3.8) is 0 Å². The number of benzene rings is 2. The number of carboxylic acids is 1. The first-order valence-electron chi connectivity index (χ1n) is 11.9. The number of hydrogen-bond donors (Lipinski definition) is 2. The standard InChI is InChI=1S/C27H23ClFN5O4/c1-14-16-6-8-22(18(16)5-4-17(14)27(37)38)33(2)26(36)23-12-21(32-24-9-10-31-34(23)24)25(35)30-13-15-3-7-20(29)19(28)11-15/h3-5,7,9-12,22H,6,8,13H2,1-2H3,(H,30,35)(H,37,38)/t22-/m0/s1. The third-order valence-corrected chi connectivity index (χ3v) is 7.22. The van der Waals surface area contributed by atoms with E-state index in [1.165, 1.54) is 35.0 Å². The quantitative estimate of drug-likeness (QED) is 0.382. The minimum absolute atomic E-state index is 0.0247. The molecule has 11 heteroatoms. The number of nitrogens with zero attached hydrogens (tertiary/aromatic N) is 4. The molecule has 0 radical (unpaired) electrons. The zero-order valence-electron chi connectivity index (χ0n) is 20.5. The number of carbonyl (C=O) groups excluding carboxylic acids is 2. The van der Waals surface area contributed by atoms with Gasteiger partial charge in [0.1, 0.15) is 17.2 Å². The molecule has 0 spiro atoms. The molecule has 0 saturated heterocycles. The van der Waals surface area contributed by atoms with Gasteiger partial charge in [-0.15, -0.1) is 0 Å². The Bertz CT molecular complexity index is 1620. The molecule has 194 valence electrons. The Morgan fingerprint density at radius 2 is 2.00 bits per heavy atom. The molecule has 0 aliphatic heterocycles. The van der Waals surface area contributed by atoms with E-state index in [4.69, 9.17) is 11.6 Å². The normalized spacial score (nSPS) is 14.4. The molecule has 1 aliphatic carbocycles. The van der Waals surface area contributed by atoms with Crippen LogP contribution in [0.15, 0.2) is 48.7 Å². The third-order valence-electron chi connectivity index (χ3n) is 6.93. The molecule has 0 unspecified atom stereocenters. The third kappa shape index (κ3) is 4.47. The van der Waals surface area contributed by atoms with E-state index in [-0.39, 0.29) is 40.5 Å². The van der Waals surface area contributed by atoms with Gasteiger partial charge in [0.05, 0.1) is 22.8 Å². The summed E-state index contributed by atoms with van der Waals surface area (Å²) in [5, 5.41) is 16.3. The van der Waals surface area contributed by atoms with Gasteiger partial charge in [0.25, 0.3) is 11.8 Å². The summed E-state index contributed by atoms with van der Waals surface area (Å²) < 4.78 is 14.8. The summed E-state index contributed by atoms with van der Waals surface area (Å²) >= 11 is 5.82. The minimum Gasteiger partial charge on any atom is -0.478 e. The second-order valence-electron chi connectivity index (χ2n) is 9.14.